The first kappa shape index (κ1) is 15.5. The third kappa shape index (κ3) is 2.81. The van der Waals surface area contributed by atoms with Crippen molar-refractivity contribution in [2.45, 2.75) is 32.8 Å². The molecule has 120 valence electrons. The maximum Gasteiger partial charge on any atom is 0.167 e. The third-order valence-electron chi connectivity index (χ3n) is 4.31. The van der Waals surface area contributed by atoms with E-state index in [-0.39, 0.29) is 24.1 Å². The van der Waals surface area contributed by atoms with Crippen molar-refractivity contribution in [3.63, 3.8) is 0 Å². The van der Waals surface area contributed by atoms with Crippen LogP contribution in [0.25, 0.3) is 0 Å². The Bertz CT molecular complexity index is 767. The highest BCUT2D eigenvalue weighted by Gasteiger charge is 2.31. The Hall–Kier alpha value is -2.36. The zero-order valence-electron chi connectivity index (χ0n) is 13.5. The van der Waals surface area contributed by atoms with Gasteiger partial charge in [0.05, 0.1) is 12.7 Å². The van der Waals surface area contributed by atoms with E-state index in [9.17, 15) is 9.18 Å². The van der Waals surface area contributed by atoms with Crippen LogP contribution in [0, 0.1) is 12.7 Å². The molecule has 3 nitrogen and oxygen atoms in total. The van der Waals surface area contributed by atoms with E-state index >= 15 is 0 Å². The monoisotopic (exact) mass is 314 g/mol. The van der Waals surface area contributed by atoms with Crippen LogP contribution in [-0.2, 0) is 6.61 Å². The lowest BCUT2D eigenvalue weighted by Crippen LogP contribution is -2.04. The second-order valence-corrected chi connectivity index (χ2v) is 5.94. The van der Waals surface area contributed by atoms with Gasteiger partial charge in [-0.2, -0.15) is 0 Å². The fourth-order valence-corrected chi connectivity index (χ4v) is 3.24. The number of hydrogen-bond donors (Lipinski definition) is 0. The molecule has 23 heavy (non-hydrogen) atoms. The maximum absolute atomic E-state index is 13.4. The van der Waals surface area contributed by atoms with Gasteiger partial charge in [0.2, 0.25) is 0 Å². The number of methoxy groups -OCH3 is 1. The van der Waals surface area contributed by atoms with E-state index in [4.69, 9.17) is 9.47 Å². The van der Waals surface area contributed by atoms with Crippen molar-refractivity contribution in [1.82, 2.24) is 0 Å². The molecule has 0 aliphatic heterocycles. The summed E-state index contributed by atoms with van der Waals surface area (Å²) in [6, 6.07) is 8.08. The van der Waals surface area contributed by atoms with Crippen LogP contribution in [0.1, 0.15) is 46.3 Å². The van der Waals surface area contributed by atoms with Crippen molar-refractivity contribution in [2.24, 2.45) is 0 Å². The van der Waals surface area contributed by atoms with Crippen LogP contribution < -0.4 is 9.47 Å². The van der Waals surface area contributed by atoms with Crippen LogP contribution in [-0.4, -0.2) is 12.9 Å². The van der Waals surface area contributed by atoms with E-state index in [2.05, 4.69) is 6.92 Å². The van der Waals surface area contributed by atoms with Gasteiger partial charge in [0.25, 0.3) is 0 Å². The number of Topliss-reactive ketones (excluding diaryl/α,β-unsaturated/α-hetero) is 1. The van der Waals surface area contributed by atoms with Crippen LogP contribution in [0.4, 0.5) is 4.39 Å². The van der Waals surface area contributed by atoms with Crippen molar-refractivity contribution in [2.75, 3.05) is 7.11 Å². The van der Waals surface area contributed by atoms with Gasteiger partial charge in [-0.05, 0) is 48.2 Å². The fourth-order valence-electron chi connectivity index (χ4n) is 3.24. The molecule has 0 saturated carbocycles. The fraction of sp³-hybridized carbons (Fsp3) is 0.316. The Labute approximate surface area is 135 Å². The van der Waals surface area contributed by atoms with Gasteiger partial charge in [-0.3, -0.25) is 4.79 Å². The second-order valence-electron chi connectivity index (χ2n) is 5.94. The number of ketones is 1. The Kier molecular flexibility index (Phi) is 4.07. The van der Waals surface area contributed by atoms with Gasteiger partial charge in [-0.15, -0.1) is 0 Å². The van der Waals surface area contributed by atoms with E-state index in [0.717, 1.165) is 11.1 Å². The Balaban J connectivity index is 1.91. The summed E-state index contributed by atoms with van der Waals surface area (Å²) in [6.07, 6.45) is 0.514. The van der Waals surface area contributed by atoms with Crippen molar-refractivity contribution < 1.29 is 18.7 Å². The molecule has 0 bridgehead atoms. The molecular formula is C19H19FO3. The molecule has 1 aliphatic rings. The van der Waals surface area contributed by atoms with Crippen LogP contribution in [0.3, 0.4) is 0 Å². The largest absolute Gasteiger partial charge is 0.496 e. The van der Waals surface area contributed by atoms with Crippen LogP contribution in [0.2, 0.25) is 0 Å². The summed E-state index contributed by atoms with van der Waals surface area (Å²) in [6.45, 7) is 4.21. The first-order chi connectivity index (χ1) is 11.0. The van der Waals surface area contributed by atoms with Crippen molar-refractivity contribution in [3.8, 4) is 11.5 Å². The number of carbonyl (C=O) groups is 1. The molecule has 0 heterocycles. The standard InChI is InChI=1S/C19H19FO3/c1-11-4-6-17(19-15(21)8-12(2)18(11)19)23-10-13-9-14(20)5-7-16(13)22-3/h4-7,9,12H,8,10H2,1-3H3. The third-order valence-corrected chi connectivity index (χ3v) is 4.31. The molecule has 3 rings (SSSR count). The lowest BCUT2D eigenvalue weighted by Gasteiger charge is -2.14. The summed E-state index contributed by atoms with van der Waals surface area (Å²) in [5.41, 5.74) is 3.46. The SMILES string of the molecule is COc1ccc(F)cc1COc1ccc(C)c2c1C(=O)CC2C. The Morgan fingerprint density at radius 3 is 2.70 bits per heavy atom. The highest BCUT2D eigenvalue weighted by molar-refractivity contribution is 6.04. The normalized spacial score (nSPS) is 16.3. The number of hydrogen-bond acceptors (Lipinski definition) is 3. The van der Waals surface area contributed by atoms with Gasteiger partial charge in [-0.25, -0.2) is 4.39 Å². The molecular weight excluding hydrogens is 295 g/mol. The molecule has 1 atom stereocenters. The summed E-state index contributed by atoms with van der Waals surface area (Å²) in [4.78, 5) is 12.3. The minimum atomic E-state index is -0.344. The summed E-state index contributed by atoms with van der Waals surface area (Å²) in [5.74, 6) is 1.10. The molecule has 0 aromatic heterocycles. The molecule has 0 saturated heterocycles. The summed E-state index contributed by atoms with van der Waals surface area (Å²) >= 11 is 0. The number of fused-ring (bicyclic) bond motifs is 1. The first-order valence-corrected chi connectivity index (χ1v) is 7.63. The molecule has 0 N–H and O–H groups in total. The molecule has 2 aromatic rings. The first-order valence-electron chi connectivity index (χ1n) is 7.63. The van der Waals surface area contributed by atoms with Gasteiger partial charge in [0.15, 0.2) is 5.78 Å². The highest BCUT2D eigenvalue weighted by atomic mass is 19.1. The minimum absolute atomic E-state index is 0.109. The van der Waals surface area contributed by atoms with E-state index < -0.39 is 0 Å². The molecule has 1 aliphatic carbocycles. The van der Waals surface area contributed by atoms with Gasteiger partial charge in [0, 0.05) is 12.0 Å². The lowest BCUT2D eigenvalue weighted by atomic mass is 9.97. The molecule has 2 aromatic carbocycles. The van der Waals surface area contributed by atoms with Crippen LogP contribution >= 0.6 is 0 Å². The summed E-state index contributed by atoms with van der Waals surface area (Å²) in [5, 5.41) is 0. The van der Waals surface area contributed by atoms with Gasteiger partial charge >= 0.3 is 0 Å². The van der Waals surface area contributed by atoms with E-state index in [1.54, 1.807) is 6.07 Å². The molecule has 0 spiro atoms. The van der Waals surface area contributed by atoms with E-state index in [0.29, 0.717) is 29.0 Å². The number of aryl methyl sites for hydroxylation is 1. The molecule has 1 unspecified atom stereocenters. The quantitative estimate of drug-likeness (QED) is 0.838. The number of halogens is 1. The Morgan fingerprint density at radius 2 is 1.96 bits per heavy atom. The van der Waals surface area contributed by atoms with Gasteiger partial charge < -0.3 is 9.47 Å². The number of benzene rings is 2. The van der Waals surface area contributed by atoms with E-state index in [1.807, 2.05) is 19.1 Å². The van der Waals surface area contributed by atoms with Gasteiger partial charge in [0.1, 0.15) is 23.9 Å². The summed E-state index contributed by atoms with van der Waals surface area (Å²) < 4.78 is 24.5. The predicted octanol–water partition coefficient (Wildman–Crippen LogP) is 4.41. The van der Waals surface area contributed by atoms with Crippen LogP contribution in [0.15, 0.2) is 30.3 Å². The zero-order chi connectivity index (χ0) is 16.6. The lowest BCUT2D eigenvalue weighted by molar-refractivity contribution is 0.0986. The number of rotatable bonds is 4. The Morgan fingerprint density at radius 1 is 1.22 bits per heavy atom. The smallest absolute Gasteiger partial charge is 0.167 e. The van der Waals surface area contributed by atoms with Crippen molar-refractivity contribution >= 4 is 5.78 Å². The van der Waals surface area contributed by atoms with Crippen molar-refractivity contribution in [3.05, 3.63) is 58.4 Å². The average molecular weight is 314 g/mol. The topological polar surface area (TPSA) is 35.5 Å². The minimum Gasteiger partial charge on any atom is -0.496 e. The molecule has 0 radical (unpaired) electrons. The zero-order valence-corrected chi connectivity index (χ0v) is 13.5. The maximum atomic E-state index is 13.4. The summed E-state index contributed by atoms with van der Waals surface area (Å²) in [7, 11) is 1.53. The van der Waals surface area contributed by atoms with Crippen molar-refractivity contribution in [1.29, 1.82) is 0 Å². The van der Waals surface area contributed by atoms with Crippen LogP contribution in [0.5, 0.6) is 11.5 Å². The number of ether oxygens (including phenoxy) is 2. The molecule has 0 fully saturated rings. The predicted molar refractivity (Wildman–Crippen MR) is 85.8 cm³/mol. The second kappa shape index (κ2) is 6.03. The number of carbonyl (C=O) groups excluding carboxylic acids is 1. The molecule has 0 amide bonds. The highest BCUT2D eigenvalue weighted by Crippen LogP contribution is 2.40. The van der Waals surface area contributed by atoms with E-state index in [1.165, 1.54) is 19.2 Å². The van der Waals surface area contributed by atoms with Gasteiger partial charge in [-0.1, -0.05) is 13.0 Å². The molecule has 4 heteroatoms. The average Bonchev–Trinajstić information content (AvgIpc) is 2.83.